The number of fused-ring (bicyclic) bond motifs is 1. The third-order valence-corrected chi connectivity index (χ3v) is 7.76. The van der Waals surface area contributed by atoms with Gasteiger partial charge in [0.25, 0.3) is 0 Å². The Morgan fingerprint density at radius 1 is 1.16 bits per heavy atom. The first-order valence-corrected chi connectivity index (χ1v) is 11.9. The van der Waals surface area contributed by atoms with E-state index in [4.69, 9.17) is 4.74 Å². The number of hydrogen-bond donors (Lipinski definition) is 2. The van der Waals surface area contributed by atoms with Crippen molar-refractivity contribution in [1.29, 1.82) is 0 Å². The van der Waals surface area contributed by atoms with Crippen LogP contribution in [0.1, 0.15) is 16.1 Å². The number of methoxy groups -OCH3 is 1. The van der Waals surface area contributed by atoms with Crippen molar-refractivity contribution in [3.05, 3.63) is 64.7 Å². The molecule has 2 N–H and O–H groups in total. The van der Waals surface area contributed by atoms with Crippen LogP contribution in [0.5, 0.6) is 5.75 Å². The molecule has 10 heteroatoms. The molecule has 1 aliphatic rings. The number of urea groups is 1. The second-order valence-electron chi connectivity index (χ2n) is 7.10. The van der Waals surface area contributed by atoms with Gasteiger partial charge >= 0.3 is 6.03 Å². The Morgan fingerprint density at radius 3 is 2.68 bits per heavy atom. The van der Waals surface area contributed by atoms with Crippen molar-refractivity contribution in [1.82, 2.24) is 9.29 Å². The second-order valence-corrected chi connectivity index (χ2v) is 10.1. The van der Waals surface area contributed by atoms with Crippen LogP contribution in [0.2, 0.25) is 0 Å². The summed E-state index contributed by atoms with van der Waals surface area (Å²) < 4.78 is 32.5. The van der Waals surface area contributed by atoms with Gasteiger partial charge in [0.15, 0.2) is 5.13 Å². The molecule has 2 aromatic carbocycles. The highest BCUT2D eigenvalue weighted by Crippen LogP contribution is 2.31. The van der Waals surface area contributed by atoms with Gasteiger partial charge in [-0.15, -0.1) is 0 Å². The predicted molar refractivity (Wildman–Crippen MR) is 120 cm³/mol. The molecule has 4 rings (SSSR count). The molecule has 1 aromatic heterocycles. The highest BCUT2D eigenvalue weighted by molar-refractivity contribution is 7.89. The van der Waals surface area contributed by atoms with Crippen molar-refractivity contribution < 1.29 is 17.9 Å². The van der Waals surface area contributed by atoms with Gasteiger partial charge in [0.2, 0.25) is 10.0 Å². The third-order valence-electron chi connectivity index (χ3n) is 4.90. The Bertz CT molecular complexity index is 1210. The van der Waals surface area contributed by atoms with Gasteiger partial charge in [-0.2, -0.15) is 4.31 Å². The molecule has 3 aromatic rings. The Hall–Kier alpha value is -2.95. The van der Waals surface area contributed by atoms with E-state index in [1.54, 1.807) is 55.6 Å². The topological polar surface area (TPSA) is 101 Å². The van der Waals surface area contributed by atoms with Crippen LogP contribution in [0, 0.1) is 6.92 Å². The number of anilines is 2. The van der Waals surface area contributed by atoms with Gasteiger partial charge in [-0.1, -0.05) is 35.1 Å². The first-order valence-electron chi connectivity index (χ1n) is 9.62. The number of hydrogen-bond acceptors (Lipinski definition) is 6. The summed E-state index contributed by atoms with van der Waals surface area (Å²) in [6.45, 7) is 2.50. The maximum atomic E-state index is 13.0. The van der Waals surface area contributed by atoms with Crippen LogP contribution in [-0.4, -0.2) is 37.4 Å². The number of sulfonamides is 1. The molecule has 31 heavy (non-hydrogen) atoms. The van der Waals surface area contributed by atoms with E-state index in [9.17, 15) is 13.2 Å². The highest BCUT2D eigenvalue weighted by atomic mass is 32.2. The zero-order chi connectivity index (χ0) is 22.0. The predicted octanol–water partition coefficient (Wildman–Crippen LogP) is 3.85. The van der Waals surface area contributed by atoms with Crippen molar-refractivity contribution >= 4 is 38.2 Å². The summed E-state index contributed by atoms with van der Waals surface area (Å²) in [5.41, 5.74) is 2.41. The lowest BCUT2D eigenvalue weighted by Crippen LogP contribution is -2.35. The van der Waals surface area contributed by atoms with Crippen LogP contribution >= 0.6 is 11.3 Å². The molecule has 0 aliphatic carbocycles. The van der Waals surface area contributed by atoms with Crippen molar-refractivity contribution in [3.63, 3.8) is 0 Å². The van der Waals surface area contributed by atoms with Crippen LogP contribution in [0.3, 0.4) is 0 Å². The van der Waals surface area contributed by atoms with E-state index in [0.29, 0.717) is 29.5 Å². The average Bonchev–Trinajstić information content (AvgIpc) is 3.15. The summed E-state index contributed by atoms with van der Waals surface area (Å²) in [5.74, 6) is 0.636. The molecule has 0 atom stereocenters. The summed E-state index contributed by atoms with van der Waals surface area (Å²) >= 11 is 1.29. The number of carbonyl (C=O) groups is 1. The van der Waals surface area contributed by atoms with Crippen LogP contribution in [-0.2, 0) is 23.0 Å². The molecule has 0 unspecified atom stereocenters. The molecule has 2 heterocycles. The van der Waals surface area contributed by atoms with Gasteiger partial charge < -0.3 is 10.1 Å². The number of nitrogens with zero attached hydrogens (tertiary/aromatic N) is 2. The molecule has 0 bridgehead atoms. The number of ether oxygens (including phenoxy) is 1. The van der Waals surface area contributed by atoms with Crippen LogP contribution in [0.15, 0.2) is 53.4 Å². The van der Waals surface area contributed by atoms with Crippen molar-refractivity contribution in [2.45, 2.75) is 24.8 Å². The zero-order valence-electron chi connectivity index (χ0n) is 17.1. The Morgan fingerprint density at radius 2 is 1.94 bits per heavy atom. The number of thiazole rings is 1. The van der Waals surface area contributed by atoms with Gasteiger partial charge in [-0.05, 0) is 31.2 Å². The molecule has 1 aliphatic heterocycles. The Balaban J connectivity index is 1.44. The molecule has 0 radical (unpaired) electrons. The maximum absolute atomic E-state index is 13.0. The fourth-order valence-corrected chi connectivity index (χ4v) is 5.76. The standard InChI is InChI=1S/C21H22N4O4S2/c1-14-6-8-17(9-7-14)31(27,28)25-11-10-18-19(13-25)30-21(23-18)24-20(26)22-15-4-3-5-16(12-15)29-2/h3-9,12H,10-11,13H2,1-2H3,(H2,22,23,24,26). The van der Waals surface area contributed by atoms with E-state index in [1.165, 1.54) is 15.6 Å². The minimum atomic E-state index is -3.58. The van der Waals surface area contributed by atoms with E-state index >= 15 is 0 Å². The molecule has 162 valence electrons. The third kappa shape index (κ3) is 4.71. The molecule has 2 amide bonds. The number of aromatic nitrogens is 1. The smallest absolute Gasteiger partial charge is 0.325 e. The monoisotopic (exact) mass is 458 g/mol. The van der Waals surface area contributed by atoms with Crippen molar-refractivity contribution in [3.8, 4) is 5.75 Å². The van der Waals surface area contributed by atoms with E-state index in [-0.39, 0.29) is 11.4 Å². The number of amides is 2. The Labute approximate surface area is 184 Å². The number of rotatable bonds is 5. The molecule has 0 fully saturated rings. The highest BCUT2D eigenvalue weighted by Gasteiger charge is 2.30. The number of aryl methyl sites for hydroxylation is 1. The normalized spacial score (nSPS) is 14.0. The van der Waals surface area contributed by atoms with Gasteiger partial charge in [0.05, 0.1) is 24.2 Å². The van der Waals surface area contributed by atoms with Crippen LogP contribution < -0.4 is 15.4 Å². The minimum Gasteiger partial charge on any atom is -0.497 e. The maximum Gasteiger partial charge on any atom is 0.325 e. The van der Waals surface area contributed by atoms with E-state index in [2.05, 4.69) is 15.6 Å². The number of benzene rings is 2. The summed E-state index contributed by atoms with van der Waals surface area (Å²) in [7, 11) is -2.02. The molecular formula is C21H22N4O4S2. The lowest BCUT2D eigenvalue weighted by Gasteiger charge is -2.25. The fraction of sp³-hybridized carbons (Fsp3) is 0.238. The van der Waals surface area contributed by atoms with Gasteiger partial charge in [0.1, 0.15) is 5.75 Å². The van der Waals surface area contributed by atoms with E-state index in [0.717, 1.165) is 16.1 Å². The molecule has 0 saturated carbocycles. The minimum absolute atomic E-state index is 0.238. The SMILES string of the molecule is COc1cccc(NC(=O)Nc2nc3c(s2)CN(S(=O)(=O)c2ccc(C)cc2)CC3)c1. The summed E-state index contributed by atoms with van der Waals surface area (Å²) in [4.78, 5) is 17.9. The summed E-state index contributed by atoms with van der Waals surface area (Å²) in [5, 5.41) is 5.89. The number of nitrogens with one attached hydrogen (secondary N) is 2. The lowest BCUT2D eigenvalue weighted by molar-refractivity contribution is 0.262. The average molecular weight is 459 g/mol. The van der Waals surface area contributed by atoms with Gasteiger partial charge in [-0.3, -0.25) is 5.32 Å². The zero-order valence-corrected chi connectivity index (χ0v) is 18.7. The molecule has 8 nitrogen and oxygen atoms in total. The molecule has 0 spiro atoms. The largest absolute Gasteiger partial charge is 0.497 e. The first-order chi connectivity index (χ1) is 14.8. The fourth-order valence-electron chi connectivity index (χ4n) is 3.25. The molecule has 0 saturated heterocycles. The van der Waals surface area contributed by atoms with Gasteiger partial charge in [0, 0.05) is 29.6 Å². The second kappa shape index (κ2) is 8.66. The van der Waals surface area contributed by atoms with Gasteiger partial charge in [-0.25, -0.2) is 18.2 Å². The van der Waals surface area contributed by atoms with E-state index < -0.39 is 16.1 Å². The van der Waals surface area contributed by atoms with Crippen molar-refractivity contribution in [2.24, 2.45) is 0 Å². The van der Waals surface area contributed by atoms with Crippen molar-refractivity contribution in [2.75, 3.05) is 24.3 Å². The summed E-state index contributed by atoms with van der Waals surface area (Å²) in [6, 6.07) is 13.4. The Kier molecular flexibility index (Phi) is 5.94. The van der Waals surface area contributed by atoms with E-state index in [1.807, 2.05) is 6.92 Å². The summed E-state index contributed by atoms with van der Waals surface area (Å²) in [6.07, 6.45) is 0.496. The van der Waals surface area contributed by atoms with Crippen LogP contribution in [0.4, 0.5) is 15.6 Å². The quantitative estimate of drug-likeness (QED) is 0.605. The number of carbonyl (C=O) groups excluding carboxylic acids is 1. The van der Waals surface area contributed by atoms with Crippen LogP contribution in [0.25, 0.3) is 0 Å². The lowest BCUT2D eigenvalue weighted by atomic mass is 10.2. The first kappa shape index (κ1) is 21.3. The molecular weight excluding hydrogens is 436 g/mol.